The SMILES string of the molecule is Cc1cccnc1-n1c(C)cc([C@@H]2[C@H](c3ccccn3)NC(=S)N2C(C)C)c1C. The van der Waals surface area contributed by atoms with E-state index >= 15 is 0 Å². The minimum absolute atomic E-state index is 0.00452. The molecule has 0 saturated carbocycles. The second-order valence-corrected chi connectivity index (χ2v) is 8.32. The Bertz CT molecular complexity index is 1040. The highest BCUT2D eigenvalue weighted by Crippen LogP contribution is 2.42. The molecule has 3 aromatic rings. The fraction of sp³-hybridized carbons (Fsp3) is 0.348. The highest BCUT2D eigenvalue weighted by molar-refractivity contribution is 7.80. The van der Waals surface area contributed by atoms with Crippen LogP contribution in [0.5, 0.6) is 0 Å². The van der Waals surface area contributed by atoms with E-state index in [1.807, 2.05) is 30.6 Å². The van der Waals surface area contributed by atoms with Crippen LogP contribution in [0.1, 0.15) is 54.1 Å². The van der Waals surface area contributed by atoms with Crippen molar-refractivity contribution >= 4 is 17.3 Å². The van der Waals surface area contributed by atoms with Crippen LogP contribution < -0.4 is 5.32 Å². The van der Waals surface area contributed by atoms with E-state index in [1.165, 1.54) is 17.0 Å². The second kappa shape index (κ2) is 7.59. The van der Waals surface area contributed by atoms with Crippen molar-refractivity contribution in [1.29, 1.82) is 0 Å². The summed E-state index contributed by atoms with van der Waals surface area (Å²) in [4.78, 5) is 11.6. The summed E-state index contributed by atoms with van der Waals surface area (Å²) >= 11 is 5.74. The summed E-state index contributed by atoms with van der Waals surface area (Å²) in [6, 6.07) is 12.7. The van der Waals surface area contributed by atoms with Crippen molar-refractivity contribution in [3.8, 4) is 5.82 Å². The van der Waals surface area contributed by atoms with Crippen LogP contribution in [-0.4, -0.2) is 30.6 Å². The minimum Gasteiger partial charge on any atom is -0.352 e. The van der Waals surface area contributed by atoms with Gasteiger partial charge in [0.25, 0.3) is 0 Å². The second-order valence-electron chi connectivity index (χ2n) is 7.93. The predicted molar refractivity (Wildman–Crippen MR) is 120 cm³/mol. The van der Waals surface area contributed by atoms with Crippen LogP contribution in [0, 0.1) is 20.8 Å². The number of pyridine rings is 2. The van der Waals surface area contributed by atoms with E-state index in [-0.39, 0.29) is 18.1 Å². The molecule has 1 saturated heterocycles. The van der Waals surface area contributed by atoms with Crippen molar-refractivity contribution in [3.63, 3.8) is 0 Å². The van der Waals surface area contributed by atoms with Crippen LogP contribution in [0.15, 0.2) is 48.8 Å². The van der Waals surface area contributed by atoms with Gasteiger partial charge in [-0.05, 0) is 82.2 Å². The summed E-state index contributed by atoms with van der Waals surface area (Å²) in [5, 5.41) is 4.30. The summed E-state index contributed by atoms with van der Waals surface area (Å²) in [5.74, 6) is 0.979. The minimum atomic E-state index is 0.00452. The van der Waals surface area contributed by atoms with Gasteiger partial charge in [0.1, 0.15) is 5.82 Å². The molecule has 0 radical (unpaired) electrons. The van der Waals surface area contributed by atoms with Gasteiger partial charge in [0.15, 0.2) is 5.11 Å². The number of aromatic nitrogens is 3. The number of rotatable bonds is 4. The molecule has 0 amide bonds. The smallest absolute Gasteiger partial charge is 0.170 e. The van der Waals surface area contributed by atoms with Gasteiger partial charge in [-0.2, -0.15) is 0 Å². The molecule has 1 N–H and O–H groups in total. The number of hydrogen-bond donors (Lipinski definition) is 1. The summed E-state index contributed by atoms with van der Waals surface area (Å²) in [7, 11) is 0. The summed E-state index contributed by atoms with van der Waals surface area (Å²) < 4.78 is 2.25. The van der Waals surface area contributed by atoms with Crippen LogP contribution in [0.2, 0.25) is 0 Å². The molecule has 29 heavy (non-hydrogen) atoms. The zero-order valence-electron chi connectivity index (χ0n) is 17.5. The van der Waals surface area contributed by atoms with E-state index in [4.69, 9.17) is 12.2 Å². The molecule has 4 heterocycles. The highest BCUT2D eigenvalue weighted by Gasteiger charge is 2.42. The van der Waals surface area contributed by atoms with Gasteiger partial charge in [-0.15, -0.1) is 0 Å². The Labute approximate surface area is 177 Å². The molecule has 150 valence electrons. The first-order valence-corrected chi connectivity index (χ1v) is 10.4. The van der Waals surface area contributed by atoms with Crippen molar-refractivity contribution < 1.29 is 0 Å². The third-order valence-corrected chi connectivity index (χ3v) is 6.00. The van der Waals surface area contributed by atoms with Gasteiger partial charge < -0.3 is 14.8 Å². The lowest BCUT2D eigenvalue weighted by molar-refractivity contribution is 0.269. The Morgan fingerprint density at radius 3 is 2.45 bits per heavy atom. The lowest BCUT2D eigenvalue weighted by atomic mass is 9.96. The molecule has 0 aromatic carbocycles. The molecule has 3 aromatic heterocycles. The maximum absolute atomic E-state index is 5.74. The van der Waals surface area contributed by atoms with Gasteiger partial charge >= 0.3 is 0 Å². The van der Waals surface area contributed by atoms with Crippen molar-refractivity contribution in [3.05, 3.63) is 77.0 Å². The highest BCUT2D eigenvalue weighted by atomic mass is 32.1. The Balaban J connectivity index is 1.88. The summed E-state index contributed by atoms with van der Waals surface area (Å²) in [5.41, 5.74) is 5.77. The third-order valence-electron chi connectivity index (χ3n) is 5.67. The van der Waals surface area contributed by atoms with E-state index in [1.54, 1.807) is 0 Å². The van der Waals surface area contributed by atoms with Gasteiger partial charge in [-0.25, -0.2) is 4.98 Å². The molecule has 1 aliphatic heterocycles. The molecule has 6 heteroatoms. The summed E-state index contributed by atoms with van der Waals surface area (Å²) in [6.45, 7) is 10.8. The third kappa shape index (κ3) is 3.31. The standard InChI is InChI=1S/C23H27N5S/c1-14(2)27-21(20(26-23(27)29)19-10-6-7-11-24-19)18-13-16(4)28(17(18)5)22-15(3)9-8-12-25-22/h6-14,20-21H,1-5H3,(H,26,29)/t20-,21+/m0/s1. The molecule has 0 bridgehead atoms. The van der Waals surface area contributed by atoms with Crippen molar-refractivity contribution in [2.24, 2.45) is 0 Å². The number of hydrogen-bond acceptors (Lipinski definition) is 3. The van der Waals surface area contributed by atoms with E-state index in [0.717, 1.165) is 22.2 Å². The van der Waals surface area contributed by atoms with Crippen LogP contribution >= 0.6 is 12.2 Å². The number of nitrogens with zero attached hydrogens (tertiary/aromatic N) is 4. The molecular formula is C23H27N5S. The summed E-state index contributed by atoms with van der Waals surface area (Å²) in [6.07, 6.45) is 3.69. The maximum Gasteiger partial charge on any atom is 0.170 e. The van der Waals surface area contributed by atoms with Gasteiger partial charge in [0.05, 0.1) is 17.8 Å². The Hall–Kier alpha value is -2.73. The molecule has 0 unspecified atom stereocenters. The number of thiocarbonyl (C=S) groups is 1. The fourth-order valence-corrected chi connectivity index (χ4v) is 4.83. The Kier molecular flexibility index (Phi) is 5.13. The lowest BCUT2D eigenvalue weighted by Gasteiger charge is -2.31. The quantitative estimate of drug-likeness (QED) is 0.644. The van der Waals surface area contributed by atoms with E-state index in [0.29, 0.717) is 0 Å². The average Bonchev–Trinajstić information content (AvgIpc) is 3.19. The number of nitrogens with one attached hydrogen (secondary N) is 1. The first-order valence-electron chi connectivity index (χ1n) is 10.0. The van der Waals surface area contributed by atoms with Crippen LogP contribution in [0.4, 0.5) is 0 Å². The molecule has 1 aliphatic rings. The van der Waals surface area contributed by atoms with Gasteiger partial charge in [-0.1, -0.05) is 12.1 Å². The zero-order valence-corrected chi connectivity index (χ0v) is 18.4. The van der Waals surface area contributed by atoms with Crippen molar-refractivity contribution in [1.82, 2.24) is 24.8 Å². The Morgan fingerprint density at radius 1 is 1.03 bits per heavy atom. The largest absolute Gasteiger partial charge is 0.352 e. The Morgan fingerprint density at radius 2 is 1.79 bits per heavy atom. The zero-order chi connectivity index (χ0) is 20.7. The van der Waals surface area contributed by atoms with E-state index < -0.39 is 0 Å². The molecule has 2 atom stereocenters. The van der Waals surface area contributed by atoms with Crippen molar-refractivity contribution in [2.75, 3.05) is 0 Å². The lowest BCUT2D eigenvalue weighted by Crippen LogP contribution is -2.35. The predicted octanol–water partition coefficient (Wildman–Crippen LogP) is 4.57. The monoisotopic (exact) mass is 405 g/mol. The maximum atomic E-state index is 5.74. The first-order chi connectivity index (χ1) is 13.9. The van der Waals surface area contributed by atoms with Crippen LogP contribution in [-0.2, 0) is 0 Å². The number of aryl methyl sites for hydroxylation is 2. The molecule has 4 rings (SSSR count). The molecular weight excluding hydrogens is 378 g/mol. The van der Waals surface area contributed by atoms with E-state index in [9.17, 15) is 0 Å². The molecule has 0 aliphatic carbocycles. The van der Waals surface area contributed by atoms with Crippen LogP contribution in [0.25, 0.3) is 5.82 Å². The molecule has 5 nitrogen and oxygen atoms in total. The van der Waals surface area contributed by atoms with E-state index in [2.05, 4.69) is 77.6 Å². The normalized spacial score (nSPS) is 19.1. The topological polar surface area (TPSA) is 46.0 Å². The van der Waals surface area contributed by atoms with Gasteiger partial charge in [-0.3, -0.25) is 4.98 Å². The van der Waals surface area contributed by atoms with Crippen LogP contribution in [0.3, 0.4) is 0 Å². The first kappa shape index (κ1) is 19.6. The molecule has 0 spiro atoms. The average molecular weight is 406 g/mol. The van der Waals surface area contributed by atoms with Gasteiger partial charge in [0, 0.05) is 29.8 Å². The van der Waals surface area contributed by atoms with Gasteiger partial charge in [0.2, 0.25) is 0 Å². The molecule has 1 fully saturated rings. The fourth-order valence-electron chi connectivity index (χ4n) is 4.38. The van der Waals surface area contributed by atoms with Crippen molar-refractivity contribution in [2.45, 2.75) is 52.7 Å².